The van der Waals surface area contributed by atoms with Crippen LogP contribution in [0.5, 0.6) is 0 Å². The van der Waals surface area contributed by atoms with Crippen molar-refractivity contribution >= 4 is 28.5 Å². The Kier molecular flexibility index (Phi) is 4.79. The van der Waals surface area contributed by atoms with E-state index in [9.17, 15) is 18.8 Å². The van der Waals surface area contributed by atoms with E-state index >= 15 is 0 Å². The van der Waals surface area contributed by atoms with Gasteiger partial charge in [-0.25, -0.2) is 4.39 Å². The third kappa shape index (κ3) is 3.48. The lowest BCUT2D eigenvalue weighted by Crippen LogP contribution is -2.45. The molecule has 2 saturated carbocycles. The molecule has 3 aliphatic rings. The number of halogens is 1. The minimum Gasteiger partial charge on any atom is -0.364 e. The van der Waals surface area contributed by atoms with Crippen LogP contribution >= 0.6 is 0 Å². The number of carbonyl (C=O) groups excluding carboxylic acids is 3. The third-order valence-electron chi connectivity index (χ3n) is 7.43. The van der Waals surface area contributed by atoms with Crippen molar-refractivity contribution in [2.24, 2.45) is 11.7 Å². The Morgan fingerprint density at radius 2 is 1.85 bits per heavy atom. The highest BCUT2D eigenvalue weighted by atomic mass is 19.1. The predicted molar refractivity (Wildman–Crippen MR) is 122 cm³/mol. The second-order valence-corrected chi connectivity index (χ2v) is 9.74. The second kappa shape index (κ2) is 7.75. The van der Waals surface area contributed by atoms with E-state index in [1.165, 1.54) is 4.68 Å². The van der Waals surface area contributed by atoms with Crippen LogP contribution in [0.15, 0.2) is 42.5 Å². The molecule has 0 unspecified atom stereocenters. The van der Waals surface area contributed by atoms with E-state index in [0.717, 1.165) is 19.3 Å². The summed E-state index contributed by atoms with van der Waals surface area (Å²) >= 11 is 0. The van der Waals surface area contributed by atoms with Crippen LogP contribution in [-0.2, 0) is 22.6 Å². The van der Waals surface area contributed by atoms with Gasteiger partial charge in [0.2, 0.25) is 5.91 Å². The minimum atomic E-state index is -0.658. The van der Waals surface area contributed by atoms with Gasteiger partial charge in [0, 0.05) is 17.8 Å². The minimum absolute atomic E-state index is 0.0171. The molecule has 2 N–H and O–H groups in total. The van der Waals surface area contributed by atoms with Gasteiger partial charge in [-0.1, -0.05) is 36.4 Å². The largest absolute Gasteiger partial charge is 0.364 e. The summed E-state index contributed by atoms with van der Waals surface area (Å²) < 4.78 is 16.5. The summed E-state index contributed by atoms with van der Waals surface area (Å²) in [5.41, 5.74) is 7.33. The molecule has 2 heterocycles. The number of piperidine rings is 1. The van der Waals surface area contributed by atoms with Gasteiger partial charge >= 0.3 is 0 Å². The molecule has 2 amide bonds. The van der Waals surface area contributed by atoms with Gasteiger partial charge in [0.1, 0.15) is 12.4 Å². The Bertz CT molecular complexity index is 1350. The molecule has 8 heteroatoms. The lowest BCUT2D eigenvalue weighted by molar-refractivity contribution is -0.139. The van der Waals surface area contributed by atoms with E-state index in [1.807, 2.05) is 6.07 Å². The van der Waals surface area contributed by atoms with Crippen LogP contribution in [0.3, 0.4) is 0 Å². The number of ketones is 1. The van der Waals surface area contributed by atoms with Gasteiger partial charge in [-0.3, -0.25) is 19.1 Å². The van der Waals surface area contributed by atoms with Crippen molar-refractivity contribution in [3.63, 3.8) is 0 Å². The van der Waals surface area contributed by atoms with E-state index in [4.69, 9.17) is 5.73 Å². The van der Waals surface area contributed by atoms with Gasteiger partial charge in [0.25, 0.3) is 5.91 Å². The number of primary amides is 1. The van der Waals surface area contributed by atoms with Crippen molar-refractivity contribution in [2.75, 3.05) is 0 Å². The molecule has 3 fully saturated rings. The molecular weight excluding hydrogens is 435 g/mol. The first-order valence-electron chi connectivity index (χ1n) is 11.8. The van der Waals surface area contributed by atoms with Gasteiger partial charge in [-0.2, -0.15) is 5.10 Å². The van der Waals surface area contributed by atoms with E-state index in [1.54, 1.807) is 41.3 Å². The first-order valence-corrected chi connectivity index (χ1v) is 11.8. The van der Waals surface area contributed by atoms with Crippen molar-refractivity contribution in [1.82, 2.24) is 14.7 Å². The fraction of sp³-hybridized carbons (Fsp3) is 0.385. The number of aromatic nitrogens is 2. The summed E-state index contributed by atoms with van der Waals surface area (Å²) in [7, 11) is 0. The van der Waals surface area contributed by atoms with Crippen LogP contribution in [-0.4, -0.2) is 44.4 Å². The quantitative estimate of drug-likeness (QED) is 0.586. The maximum Gasteiger partial charge on any atom is 0.269 e. The molecule has 2 aliphatic carbocycles. The van der Waals surface area contributed by atoms with Crippen molar-refractivity contribution in [1.29, 1.82) is 0 Å². The Hall–Kier alpha value is -3.55. The molecule has 3 atom stereocenters. The highest BCUT2D eigenvalue weighted by Gasteiger charge is 2.55. The number of amides is 2. The van der Waals surface area contributed by atoms with Crippen molar-refractivity contribution in [2.45, 2.75) is 56.7 Å². The number of nitrogens with two attached hydrogens (primary N) is 1. The number of likely N-dealkylation sites (tertiary alicyclic amines) is 1. The summed E-state index contributed by atoms with van der Waals surface area (Å²) in [5.74, 6) is -0.705. The molecule has 3 aromatic rings. The summed E-state index contributed by atoms with van der Waals surface area (Å²) in [6.07, 6.45) is 3.46. The molecule has 1 aromatic heterocycles. The molecule has 174 valence electrons. The SMILES string of the molecule is NC(=O)c1nn(CC(=O)N2[C@@H]3C[C@@H]3C[C@H]2C(=O)Cc2cccc(C3CC3)c2F)c2ccccc12. The van der Waals surface area contributed by atoms with E-state index < -0.39 is 11.9 Å². The zero-order valence-electron chi connectivity index (χ0n) is 18.6. The topological polar surface area (TPSA) is 98.3 Å². The van der Waals surface area contributed by atoms with Crippen molar-refractivity contribution < 1.29 is 18.8 Å². The van der Waals surface area contributed by atoms with Gasteiger partial charge in [0.15, 0.2) is 11.5 Å². The molecule has 2 aromatic carbocycles. The Labute approximate surface area is 195 Å². The molecule has 0 bridgehead atoms. The van der Waals surface area contributed by atoms with Crippen LogP contribution in [0, 0.1) is 11.7 Å². The number of fused-ring (bicyclic) bond motifs is 2. The zero-order valence-corrected chi connectivity index (χ0v) is 18.6. The van der Waals surface area contributed by atoms with Gasteiger partial charge in [-0.05, 0) is 54.7 Å². The van der Waals surface area contributed by atoms with Crippen molar-refractivity contribution in [3.8, 4) is 0 Å². The third-order valence-corrected chi connectivity index (χ3v) is 7.43. The van der Waals surface area contributed by atoms with Crippen LogP contribution in [0.25, 0.3) is 10.9 Å². The number of Topliss-reactive ketones (excluding diaryl/α,β-unsaturated/α-hetero) is 1. The van der Waals surface area contributed by atoms with Gasteiger partial charge < -0.3 is 10.6 Å². The van der Waals surface area contributed by atoms with Crippen LogP contribution in [0.2, 0.25) is 0 Å². The lowest BCUT2D eigenvalue weighted by Gasteiger charge is -2.27. The number of hydrogen-bond acceptors (Lipinski definition) is 4. The molecule has 7 nitrogen and oxygen atoms in total. The number of carbonyl (C=O) groups is 3. The second-order valence-electron chi connectivity index (χ2n) is 9.74. The first-order chi connectivity index (χ1) is 16.4. The van der Waals surface area contributed by atoms with Crippen LogP contribution in [0.4, 0.5) is 4.39 Å². The van der Waals surface area contributed by atoms with Crippen LogP contribution in [0.1, 0.15) is 53.2 Å². The standard InChI is InChI=1S/C26H25FN4O3/c27-24-15(4-3-6-17(24)14-8-9-14)12-22(32)21-11-16-10-20(16)31(21)23(33)13-30-19-7-2-1-5-18(19)25(29-30)26(28)34/h1-7,14,16,20-21H,8-13H2,(H2,28,34)/t16-,20-,21+/m1/s1. The van der Waals surface area contributed by atoms with E-state index in [0.29, 0.717) is 34.4 Å². The zero-order chi connectivity index (χ0) is 23.6. The lowest BCUT2D eigenvalue weighted by atomic mass is 9.97. The highest BCUT2D eigenvalue weighted by Crippen LogP contribution is 2.48. The Balaban J connectivity index is 1.23. The number of para-hydroxylation sites is 1. The predicted octanol–water partition coefficient (Wildman–Crippen LogP) is 2.95. The fourth-order valence-electron chi connectivity index (χ4n) is 5.49. The summed E-state index contributed by atoms with van der Waals surface area (Å²) in [4.78, 5) is 40.1. The number of rotatable bonds is 7. The normalized spacial score (nSPS) is 23.2. The molecule has 6 rings (SSSR count). The number of nitrogens with zero attached hydrogens (tertiary/aromatic N) is 3. The molecule has 1 aliphatic heterocycles. The molecule has 0 spiro atoms. The number of benzene rings is 2. The molecule has 0 radical (unpaired) electrons. The summed E-state index contributed by atoms with van der Waals surface area (Å²) in [5, 5.41) is 4.87. The van der Waals surface area contributed by atoms with Gasteiger partial charge in [0.05, 0.1) is 11.6 Å². The average Bonchev–Trinajstić information content (AvgIpc) is 3.74. The molecular formula is C26H25FN4O3. The first kappa shape index (κ1) is 21.0. The highest BCUT2D eigenvalue weighted by molar-refractivity contribution is 6.04. The monoisotopic (exact) mass is 460 g/mol. The molecule has 34 heavy (non-hydrogen) atoms. The fourth-order valence-corrected chi connectivity index (χ4v) is 5.49. The Morgan fingerprint density at radius 3 is 2.62 bits per heavy atom. The summed E-state index contributed by atoms with van der Waals surface area (Å²) in [6.45, 7) is -0.0910. The average molecular weight is 461 g/mol. The van der Waals surface area contributed by atoms with Gasteiger partial charge in [-0.15, -0.1) is 0 Å². The summed E-state index contributed by atoms with van der Waals surface area (Å²) in [6, 6.07) is 11.9. The smallest absolute Gasteiger partial charge is 0.269 e. The van der Waals surface area contributed by atoms with E-state index in [2.05, 4.69) is 5.10 Å². The van der Waals surface area contributed by atoms with Crippen molar-refractivity contribution in [3.05, 3.63) is 65.1 Å². The number of hydrogen-bond donors (Lipinski definition) is 1. The van der Waals surface area contributed by atoms with E-state index in [-0.39, 0.29) is 48.1 Å². The maximum absolute atomic E-state index is 15.0. The Morgan fingerprint density at radius 1 is 1.06 bits per heavy atom. The van der Waals surface area contributed by atoms with Crippen LogP contribution < -0.4 is 5.73 Å². The maximum atomic E-state index is 15.0. The molecule has 1 saturated heterocycles.